The summed E-state index contributed by atoms with van der Waals surface area (Å²) in [7, 11) is 0. The van der Waals surface area contributed by atoms with Gasteiger partial charge in [-0.1, -0.05) is 6.07 Å². The highest BCUT2D eigenvalue weighted by Gasteiger charge is 2.10. The van der Waals surface area contributed by atoms with E-state index >= 15 is 0 Å². The standard InChI is InChI=1S/C14H11N5/c1-9-2-3-11-10(8-16-17-11)14(9)12-4-5-13-15-6-7-19(13)18-12/h2-8H,1H3,(H,16,17). The molecule has 0 bridgehead atoms. The zero-order valence-corrected chi connectivity index (χ0v) is 10.3. The topological polar surface area (TPSA) is 58.9 Å². The summed E-state index contributed by atoms with van der Waals surface area (Å²) in [6, 6.07) is 8.09. The molecule has 0 saturated carbocycles. The summed E-state index contributed by atoms with van der Waals surface area (Å²) >= 11 is 0. The molecule has 1 aromatic carbocycles. The van der Waals surface area contributed by atoms with Crippen molar-refractivity contribution < 1.29 is 0 Å². The number of hydrogen-bond donors (Lipinski definition) is 1. The van der Waals surface area contributed by atoms with E-state index in [1.807, 2.05) is 30.6 Å². The summed E-state index contributed by atoms with van der Waals surface area (Å²) in [5.74, 6) is 0. The number of hydrogen-bond acceptors (Lipinski definition) is 3. The van der Waals surface area contributed by atoms with E-state index in [2.05, 4.69) is 33.3 Å². The predicted octanol–water partition coefficient (Wildman–Crippen LogP) is 2.58. The SMILES string of the molecule is Cc1ccc2[nH]ncc2c1-c1ccc2nccn2n1. The summed E-state index contributed by atoms with van der Waals surface area (Å²) in [4.78, 5) is 4.21. The highest BCUT2D eigenvalue weighted by molar-refractivity contribution is 5.95. The quantitative estimate of drug-likeness (QED) is 0.564. The van der Waals surface area contributed by atoms with Crippen molar-refractivity contribution in [2.24, 2.45) is 0 Å². The summed E-state index contributed by atoms with van der Waals surface area (Å²) in [6.45, 7) is 2.08. The van der Waals surface area contributed by atoms with E-state index in [0.29, 0.717) is 0 Å². The molecule has 1 N–H and O–H groups in total. The van der Waals surface area contributed by atoms with Crippen molar-refractivity contribution in [3.05, 3.63) is 48.4 Å². The molecule has 3 aromatic heterocycles. The Morgan fingerprint density at radius 3 is 3.05 bits per heavy atom. The third kappa shape index (κ3) is 1.45. The van der Waals surface area contributed by atoms with E-state index in [-0.39, 0.29) is 0 Å². The lowest BCUT2D eigenvalue weighted by molar-refractivity contribution is 0.942. The molecule has 0 aliphatic rings. The number of nitrogens with one attached hydrogen (secondary N) is 1. The fraction of sp³-hybridized carbons (Fsp3) is 0.0714. The average molecular weight is 249 g/mol. The number of imidazole rings is 1. The third-order valence-corrected chi connectivity index (χ3v) is 3.34. The molecule has 0 fully saturated rings. The van der Waals surface area contributed by atoms with Crippen LogP contribution in [0.25, 0.3) is 27.8 Å². The monoisotopic (exact) mass is 249 g/mol. The molecule has 0 amide bonds. The van der Waals surface area contributed by atoms with Crippen molar-refractivity contribution in [1.82, 2.24) is 24.8 Å². The Labute approximate surface area is 108 Å². The Hall–Kier alpha value is -2.69. The van der Waals surface area contributed by atoms with Crippen molar-refractivity contribution in [2.45, 2.75) is 6.92 Å². The Bertz CT molecular complexity index is 887. The fourth-order valence-electron chi connectivity index (χ4n) is 2.42. The lowest BCUT2D eigenvalue weighted by atomic mass is 10.0. The lowest BCUT2D eigenvalue weighted by Crippen LogP contribution is -1.95. The van der Waals surface area contributed by atoms with Gasteiger partial charge in [-0.15, -0.1) is 0 Å². The largest absolute Gasteiger partial charge is 0.278 e. The van der Waals surface area contributed by atoms with Crippen LogP contribution in [-0.4, -0.2) is 24.8 Å². The number of benzene rings is 1. The zero-order chi connectivity index (χ0) is 12.8. The van der Waals surface area contributed by atoms with Crippen LogP contribution < -0.4 is 0 Å². The van der Waals surface area contributed by atoms with E-state index in [1.165, 1.54) is 5.56 Å². The Balaban J connectivity index is 2.07. The van der Waals surface area contributed by atoms with Crippen LogP contribution in [-0.2, 0) is 0 Å². The van der Waals surface area contributed by atoms with Gasteiger partial charge in [0.2, 0.25) is 0 Å². The number of aromatic nitrogens is 5. The summed E-state index contributed by atoms with van der Waals surface area (Å²) < 4.78 is 1.79. The minimum Gasteiger partial charge on any atom is -0.278 e. The molecular formula is C14H11N5. The number of aryl methyl sites for hydroxylation is 1. The van der Waals surface area contributed by atoms with Crippen LogP contribution in [0.5, 0.6) is 0 Å². The first kappa shape index (κ1) is 10.3. The minimum absolute atomic E-state index is 0.848. The number of H-pyrrole nitrogens is 1. The number of fused-ring (bicyclic) bond motifs is 2. The van der Waals surface area contributed by atoms with E-state index in [0.717, 1.165) is 27.8 Å². The first-order chi connectivity index (χ1) is 9.33. The molecule has 19 heavy (non-hydrogen) atoms. The van der Waals surface area contributed by atoms with Crippen molar-refractivity contribution >= 4 is 16.6 Å². The molecule has 0 atom stereocenters. The van der Waals surface area contributed by atoms with Crippen LogP contribution in [0.4, 0.5) is 0 Å². The molecule has 92 valence electrons. The molecule has 0 aliphatic carbocycles. The Morgan fingerprint density at radius 2 is 2.11 bits per heavy atom. The maximum absolute atomic E-state index is 4.61. The number of rotatable bonds is 1. The molecule has 0 aliphatic heterocycles. The van der Waals surface area contributed by atoms with Gasteiger partial charge in [0.05, 0.1) is 17.4 Å². The van der Waals surface area contributed by atoms with Gasteiger partial charge in [0.25, 0.3) is 0 Å². The van der Waals surface area contributed by atoms with Gasteiger partial charge < -0.3 is 0 Å². The number of aromatic amines is 1. The molecule has 0 unspecified atom stereocenters. The van der Waals surface area contributed by atoms with Crippen LogP contribution in [0.1, 0.15) is 5.56 Å². The van der Waals surface area contributed by atoms with Crippen LogP contribution in [0.3, 0.4) is 0 Å². The zero-order valence-electron chi connectivity index (χ0n) is 10.3. The first-order valence-corrected chi connectivity index (χ1v) is 6.06. The van der Waals surface area contributed by atoms with Gasteiger partial charge in [0, 0.05) is 23.3 Å². The van der Waals surface area contributed by atoms with Crippen molar-refractivity contribution in [3.63, 3.8) is 0 Å². The third-order valence-electron chi connectivity index (χ3n) is 3.34. The van der Waals surface area contributed by atoms with E-state index < -0.39 is 0 Å². The molecule has 4 aromatic rings. The van der Waals surface area contributed by atoms with E-state index in [1.54, 1.807) is 10.7 Å². The molecule has 5 nitrogen and oxygen atoms in total. The van der Waals surface area contributed by atoms with Crippen LogP contribution >= 0.6 is 0 Å². The van der Waals surface area contributed by atoms with Gasteiger partial charge >= 0.3 is 0 Å². The fourth-order valence-corrected chi connectivity index (χ4v) is 2.42. The van der Waals surface area contributed by atoms with E-state index in [4.69, 9.17) is 0 Å². The molecule has 5 heteroatoms. The Kier molecular flexibility index (Phi) is 1.97. The van der Waals surface area contributed by atoms with E-state index in [9.17, 15) is 0 Å². The molecular weight excluding hydrogens is 238 g/mol. The minimum atomic E-state index is 0.848. The van der Waals surface area contributed by atoms with Crippen LogP contribution in [0.2, 0.25) is 0 Å². The normalized spacial score (nSPS) is 11.4. The van der Waals surface area contributed by atoms with Gasteiger partial charge in [-0.25, -0.2) is 9.50 Å². The predicted molar refractivity (Wildman–Crippen MR) is 72.8 cm³/mol. The smallest absolute Gasteiger partial charge is 0.153 e. The summed E-state index contributed by atoms with van der Waals surface area (Å²) in [5, 5.41) is 12.8. The van der Waals surface area contributed by atoms with Gasteiger partial charge in [-0.05, 0) is 30.7 Å². The molecule has 0 radical (unpaired) electrons. The average Bonchev–Trinajstić information content (AvgIpc) is 3.05. The summed E-state index contributed by atoms with van der Waals surface area (Å²) in [6.07, 6.45) is 5.44. The maximum atomic E-state index is 4.61. The second-order valence-corrected chi connectivity index (χ2v) is 4.54. The molecule has 0 spiro atoms. The molecule has 0 saturated heterocycles. The van der Waals surface area contributed by atoms with Crippen molar-refractivity contribution in [3.8, 4) is 11.3 Å². The van der Waals surface area contributed by atoms with Crippen molar-refractivity contribution in [1.29, 1.82) is 0 Å². The first-order valence-electron chi connectivity index (χ1n) is 6.06. The van der Waals surface area contributed by atoms with Gasteiger partial charge in [0.1, 0.15) is 0 Å². The molecule has 4 rings (SSSR count). The highest BCUT2D eigenvalue weighted by atomic mass is 15.2. The Morgan fingerprint density at radius 1 is 1.16 bits per heavy atom. The van der Waals surface area contributed by atoms with Crippen LogP contribution in [0, 0.1) is 6.92 Å². The van der Waals surface area contributed by atoms with Gasteiger partial charge in [-0.2, -0.15) is 10.2 Å². The summed E-state index contributed by atoms with van der Waals surface area (Å²) in [5.41, 5.74) is 5.09. The highest BCUT2D eigenvalue weighted by Crippen LogP contribution is 2.29. The van der Waals surface area contributed by atoms with Gasteiger partial charge in [0.15, 0.2) is 5.65 Å². The number of nitrogens with zero attached hydrogens (tertiary/aromatic N) is 4. The lowest BCUT2D eigenvalue weighted by Gasteiger charge is -2.07. The van der Waals surface area contributed by atoms with Crippen molar-refractivity contribution in [2.75, 3.05) is 0 Å². The van der Waals surface area contributed by atoms with Gasteiger partial charge in [-0.3, -0.25) is 5.10 Å². The maximum Gasteiger partial charge on any atom is 0.153 e. The second kappa shape index (κ2) is 3.65. The molecule has 3 heterocycles. The second-order valence-electron chi connectivity index (χ2n) is 4.54. The van der Waals surface area contributed by atoms with Crippen LogP contribution in [0.15, 0.2) is 42.9 Å².